The Kier molecular flexibility index (Phi) is 4.15. The highest BCUT2D eigenvalue weighted by atomic mass is 16.7. The molecule has 5 heteroatoms. The lowest BCUT2D eigenvalue weighted by Gasteiger charge is -2.04. The van der Waals surface area contributed by atoms with Crippen molar-refractivity contribution in [1.29, 1.82) is 0 Å². The minimum absolute atomic E-state index is 0.0152. The summed E-state index contributed by atoms with van der Waals surface area (Å²) in [5.41, 5.74) is 0. The number of carbonyl (C=O) groups excluding carboxylic acids is 2. The molecule has 1 aliphatic heterocycles. The fraction of sp³-hybridized carbons (Fsp3) is 0.600. The molecule has 0 fully saturated rings. The average Bonchev–Trinajstić information content (AvgIpc) is 2.57. The first-order chi connectivity index (χ1) is 7.19. The van der Waals surface area contributed by atoms with Crippen molar-refractivity contribution in [3.8, 4) is 0 Å². The number of carbonyl (C=O) groups is 2. The molecule has 0 radical (unpaired) electrons. The average molecular weight is 214 g/mol. The van der Waals surface area contributed by atoms with Crippen LogP contribution in [0, 0.1) is 0 Å². The molecule has 0 bridgehead atoms. The summed E-state index contributed by atoms with van der Waals surface area (Å²) in [5, 5.41) is 0. The van der Waals surface area contributed by atoms with Crippen molar-refractivity contribution in [2.24, 2.45) is 0 Å². The number of ether oxygens (including phenoxy) is 3. The van der Waals surface area contributed by atoms with Gasteiger partial charge in [0.05, 0.1) is 6.61 Å². The number of rotatable bonds is 4. The molecule has 84 valence electrons. The molecule has 0 atom stereocenters. The van der Waals surface area contributed by atoms with Gasteiger partial charge >= 0.3 is 6.16 Å². The monoisotopic (exact) mass is 214 g/mol. The summed E-state index contributed by atoms with van der Waals surface area (Å²) in [6.07, 6.45) is 0.373. The summed E-state index contributed by atoms with van der Waals surface area (Å²) < 4.78 is 14.5. The molecule has 0 aromatic heterocycles. The topological polar surface area (TPSA) is 61.8 Å². The lowest BCUT2D eigenvalue weighted by Crippen LogP contribution is -2.12. The predicted octanol–water partition coefficient (Wildman–Crippen LogP) is 1.77. The summed E-state index contributed by atoms with van der Waals surface area (Å²) in [6, 6.07) is 0. The normalized spacial score (nSPS) is 15.2. The summed E-state index contributed by atoms with van der Waals surface area (Å²) >= 11 is 0. The first-order valence-corrected chi connectivity index (χ1v) is 4.92. The molecular formula is C10H14O5. The van der Waals surface area contributed by atoms with Gasteiger partial charge in [-0.15, -0.1) is 0 Å². The number of Topliss-reactive ketones (excluding diaryl/α,β-unsaturated/α-hetero) is 1. The number of hydrogen-bond acceptors (Lipinski definition) is 5. The molecule has 1 heterocycles. The number of ketones is 1. The third-order valence-corrected chi connectivity index (χ3v) is 1.81. The summed E-state index contributed by atoms with van der Waals surface area (Å²) in [6.45, 7) is 3.91. The van der Waals surface area contributed by atoms with Crippen LogP contribution in [0.4, 0.5) is 4.79 Å². The van der Waals surface area contributed by atoms with Gasteiger partial charge < -0.3 is 14.2 Å². The highest BCUT2D eigenvalue weighted by Gasteiger charge is 2.28. The van der Waals surface area contributed by atoms with Crippen LogP contribution in [0.15, 0.2) is 11.5 Å². The Morgan fingerprint density at radius 3 is 2.80 bits per heavy atom. The van der Waals surface area contributed by atoms with Crippen LogP contribution in [0.3, 0.4) is 0 Å². The second kappa shape index (κ2) is 5.38. The van der Waals surface area contributed by atoms with Gasteiger partial charge in [-0.25, -0.2) is 4.79 Å². The predicted molar refractivity (Wildman–Crippen MR) is 51.0 cm³/mol. The molecule has 0 saturated carbocycles. The largest absolute Gasteiger partial charge is 0.514 e. The van der Waals surface area contributed by atoms with Crippen LogP contribution < -0.4 is 0 Å². The summed E-state index contributed by atoms with van der Waals surface area (Å²) in [4.78, 5) is 22.3. The Morgan fingerprint density at radius 2 is 2.20 bits per heavy atom. The van der Waals surface area contributed by atoms with E-state index in [1.165, 1.54) is 0 Å². The molecular weight excluding hydrogens is 200 g/mol. The standard InChI is InChI=1S/C10H14O5/c1-3-5-13-10(12)15-9-7(11)6-14-8(9)4-2/h3-6H2,1-2H3. The van der Waals surface area contributed by atoms with E-state index in [2.05, 4.69) is 0 Å². The molecule has 1 rings (SSSR count). The Morgan fingerprint density at radius 1 is 1.47 bits per heavy atom. The minimum Gasteiger partial charge on any atom is -0.486 e. The van der Waals surface area contributed by atoms with Gasteiger partial charge in [-0.3, -0.25) is 4.79 Å². The number of hydrogen-bond donors (Lipinski definition) is 0. The zero-order chi connectivity index (χ0) is 11.3. The first-order valence-electron chi connectivity index (χ1n) is 4.92. The van der Waals surface area contributed by atoms with Gasteiger partial charge in [0.2, 0.25) is 11.5 Å². The van der Waals surface area contributed by atoms with E-state index in [4.69, 9.17) is 14.2 Å². The molecule has 0 N–H and O–H groups in total. The minimum atomic E-state index is -0.850. The van der Waals surface area contributed by atoms with Crippen LogP contribution in [-0.4, -0.2) is 25.2 Å². The zero-order valence-electron chi connectivity index (χ0n) is 8.87. The maximum Gasteiger partial charge on any atom is 0.514 e. The van der Waals surface area contributed by atoms with Gasteiger partial charge in [-0.1, -0.05) is 13.8 Å². The van der Waals surface area contributed by atoms with Gasteiger partial charge in [-0.05, 0) is 6.42 Å². The lowest BCUT2D eigenvalue weighted by atomic mass is 10.3. The number of allylic oxidation sites excluding steroid dienone is 1. The second-order valence-corrected chi connectivity index (χ2v) is 3.02. The molecule has 0 unspecified atom stereocenters. The fourth-order valence-electron chi connectivity index (χ4n) is 1.11. The van der Waals surface area contributed by atoms with E-state index < -0.39 is 6.16 Å². The van der Waals surface area contributed by atoms with Gasteiger partial charge in [0.1, 0.15) is 5.76 Å². The van der Waals surface area contributed by atoms with Crippen molar-refractivity contribution >= 4 is 11.9 Å². The Bertz CT molecular complexity index is 292. The van der Waals surface area contributed by atoms with Crippen molar-refractivity contribution in [2.75, 3.05) is 13.2 Å². The van der Waals surface area contributed by atoms with Crippen molar-refractivity contribution < 1.29 is 23.8 Å². The van der Waals surface area contributed by atoms with Crippen molar-refractivity contribution in [2.45, 2.75) is 26.7 Å². The van der Waals surface area contributed by atoms with Crippen molar-refractivity contribution in [3.63, 3.8) is 0 Å². The molecule has 0 aromatic carbocycles. The lowest BCUT2D eigenvalue weighted by molar-refractivity contribution is -0.118. The smallest absolute Gasteiger partial charge is 0.486 e. The second-order valence-electron chi connectivity index (χ2n) is 3.02. The Balaban J connectivity index is 2.55. The molecule has 15 heavy (non-hydrogen) atoms. The van der Waals surface area contributed by atoms with E-state index in [0.717, 1.165) is 0 Å². The maximum atomic E-state index is 11.2. The van der Waals surface area contributed by atoms with Crippen LogP contribution in [0.25, 0.3) is 0 Å². The molecule has 1 aliphatic rings. The van der Waals surface area contributed by atoms with Crippen LogP contribution in [0.2, 0.25) is 0 Å². The van der Waals surface area contributed by atoms with Gasteiger partial charge in [0.15, 0.2) is 6.61 Å². The van der Waals surface area contributed by atoms with Crippen LogP contribution in [0.1, 0.15) is 26.7 Å². The van der Waals surface area contributed by atoms with E-state index in [0.29, 0.717) is 18.6 Å². The van der Waals surface area contributed by atoms with E-state index in [-0.39, 0.29) is 24.8 Å². The molecule has 0 aliphatic carbocycles. The molecule has 0 saturated heterocycles. The van der Waals surface area contributed by atoms with Gasteiger partial charge in [-0.2, -0.15) is 0 Å². The Labute approximate surface area is 88.0 Å². The van der Waals surface area contributed by atoms with Gasteiger partial charge in [0, 0.05) is 6.42 Å². The van der Waals surface area contributed by atoms with E-state index in [9.17, 15) is 9.59 Å². The summed E-state index contributed by atoms with van der Waals surface area (Å²) in [7, 11) is 0. The van der Waals surface area contributed by atoms with Crippen LogP contribution >= 0.6 is 0 Å². The molecule has 0 spiro atoms. The van der Waals surface area contributed by atoms with Crippen molar-refractivity contribution in [1.82, 2.24) is 0 Å². The maximum absolute atomic E-state index is 11.2. The van der Waals surface area contributed by atoms with Crippen molar-refractivity contribution in [3.05, 3.63) is 11.5 Å². The quantitative estimate of drug-likeness (QED) is 0.667. The fourth-order valence-corrected chi connectivity index (χ4v) is 1.11. The molecule has 0 amide bonds. The molecule has 0 aromatic rings. The Hall–Kier alpha value is -1.52. The highest BCUT2D eigenvalue weighted by Crippen LogP contribution is 2.20. The van der Waals surface area contributed by atoms with E-state index >= 15 is 0 Å². The third kappa shape index (κ3) is 2.97. The van der Waals surface area contributed by atoms with E-state index in [1.54, 1.807) is 0 Å². The molecule has 5 nitrogen and oxygen atoms in total. The summed E-state index contributed by atoms with van der Waals surface area (Å²) in [5.74, 6) is 0.0763. The zero-order valence-corrected chi connectivity index (χ0v) is 8.87. The van der Waals surface area contributed by atoms with Crippen LogP contribution in [0.5, 0.6) is 0 Å². The SMILES string of the molecule is CCCOC(=O)OC1=C(CC)OCC1=O. The first kappa shape index (κ1) is 11.6. The van der Waals surface area contributed by atoms with E-state index in [1.807, 2.05) is 13.8 Å². The van der Waals surface area contributed by atoms with Gasteiger partial charge in [0.25, 0.3) is 0 Å². The van der Waals surface area contributed by atoms with Crippen LogP contribution in [-0.2, 0) is 19.0 Å². The third-order valence-electron chi connectivity index (χ3n) is 1.81. The highest BCUT2D eigenvalue weighted by molar-refractivity contribution is 5.98.